The molecule has 0 aliphatic carbocycles. The molecule has 0 fully saturated rings. The number of hydrogen-bond acceptors (Lipinski definition) is 4. The van der Waals surface area contributed by atoms with Crippen molar-refractivity contribution < 1.29 is 14.2 Å². The fraction of sp³-hybridized carbons (Fsp3) is 0.250. The molecule has 26 heavy (non-hydrogen) atoms. The van der Waals surface area contributed by atoms with Crippen LogP contribution in [-0.2, 0) is 4.74 Å². The third-order valence-electron chi connectivity index (χ3n) is 4.16. The van der Waals surface area contributed by atoms with Crippen molar-refractivity contribution in [2.24, 2.45) is 4.99 Å². The molecule has 0 amide bonds. The third kappa shape index (κ3) is 3.70. The van der Waals surface area contributed by atoms with Crippen LogP contribution in [0.4, 0.5) is 15.8 Å². The van der Waals surface area contributed by atoms with Crippen molar-refractivity contribution in [3.63, 3.8) is 0 Å². The van der Waals surface area contributed by atoms with Gasteiger partial charge in [0.1, 0.15) is 5.82 Å². The number of hydrogen-bond donors (Lipinski definition) is 3. The smallest absolute Gasteiger partial charge is 0.198 e. The normalized spacial score (nSPS) is 12.8. The summed E-state index contributed by atoms with van der Waals surface area (Å²) >= 11 is 0. The van der Waals surface area contributed by atoms with E-state index in [9.17, 15) is 9.50 Å². The lowest BCUT2D eigenvalue weighted by Crippen LogP contribution is -2.21. The van der Waals surface area contributed by atoms with Gasteiger partial charge in [0.15, 0.2) is 5.88 Å². The van der Waals surface area contributed by atoms with E-state index in [2.05, 4.69) is 15.3 Å². The van der Waals surface area contributed by atoms with Crippen molar-refractivity contribution in [1.29, 1.82) is 0 Å². The van der Waals surface area contributed by atoms with Crippen molar-refractivity contribution in [3.05, 3.63) is 53.3 Å². The van der Waals surface area contributed by atoms with Crippen LogP contribution >= 0.6 is 0 Å². The quantitative estimate of drug-likeness (QED) is 0.570. The first-order valence-electron chi connectivity index (χ1n) is 8.39. The summed E-state index contributed by atoms with van der Waals surface area (Å²) in [6, 6.07) is 10.5. The Labute approximate surface area is 151 Å². The van der Waals surface area contributed by atoms with Crippen molar-refractivity contribution >= 4 is 28.5 Å². The molecule has 1 heterocycles. The summed E-state index contributed by atoms with van der Waals surface area (Å²) in [5, 5.41) is 14.1. The van der Waals surface area contributed by atoms with Gasteiger partial charge in [-0.1, -0.05) is 12.1 Å². The van der Waals surface area contributed by atoms with E-state index in [1.54, 1.807) is 25.5 Å². The summed E-state index contributed by atoms with van der Waals surface area (Å²) in [5.74, 6) is -0.341. The second kappa shape index (κ2) is 7.58. The molecule has 3 aromatic rings. The Kier molecular flexibility index (Phi) is 5.23. The molecule has 3 N–H and O–H groups in total. The van der Waals surface area contributed by atoms with Crippen molar-refractivity contribution in [2.75, 3.05) is 19.0 Å². The van der Waals surface area contributed by atoms with Gasteiger partial charge in [-0.2, -0.15) is 0 Å². The van der Waals surface area contributed by atoms with E-state index in [1.807, 2.05) is 32.0 Å². The number of aromatic hydroxyl groups is 1. The van der Waals surface area contributed by atoms with Crippen LogP contribution in [0.2, 0.25) is 0 Å². The first-order chi connectivity index (χ1) is 12.5. The summed E-state index contributed by atoms with van der Waals surface area (Å²) in [4.78, 5) is 7.25. The number of nitrogens with one attached hydrogen (secondary N) is 2. The maximum Gasteiger partial charge on any atom is 0.198 e. The Hall–Kier alpha value is -2.86. The lowest BCUT2D eigenvalue weighted by molar-refractivity contribution is 0.190. The molecule has 0 aliphatic heterocycles. The molecule has 136 valence electrons. The Morgan fingerprint density at radius 2 is 2.15 bits per heavy atom. The van der Waals surface area contributed by atoms with Crippen LogP contribution in [0.25, 0.3) is 10.9 Å². The monoisotopic (exact) mass is 355 g/mol. The highest BCUT2D eigenvalue weighted by Gasteiger charge is 2.11. The van der Waals surface area contributed by atoms with E-state index in [0.29, 0.717) is 23.5 Å². The molecular formula is C20H22FN3O2. The maximum absolute atomic E-state index is 14.3. The molecule has 5 nitrogen and oxygen atoms in total. The van der Waals surface area contributed by atoms with Crippen LogP contribution in [0.15, 0.2) is 41.4 Å². The molecule has 3 rings (SSSR count). The second-order valence-corrected chi connectivity index (χ2v) is 6.31. The highest BCUT2D eigenvalue weighted by Crippen LogP contribution is 2.29. The van der Waals surface area contributed by atoms with Crippen LogP contribution in [0.5, 0.6) is 5.88 Å². The minimum absolute atomic E-state index is 0.00464. The second-order valence-electron chi connectivity index (χ2n) is 6.31. The van der Waals surface area contributed by atoms with Crippen LogP contribution < -0.4 is 5.32 Å². The summed E-state index contributed by atoms with van der Waals surface area (Å²) in [7, 11) is 1.61. The number of benzene rings is 2. The summed E-state index contributed by atoms with van der Waals surface area (Å²) in [5.41, 5.74) is 3.32. The number of rotatable bonds is 6. The van der Waals surface area contributed by atoms with E-state index in [-0.39, 0.29) is 17.7 Å². The number of anilines is 1. The van der Waals surface area contributed by atoms with Crippen molar-refractivity contribution in [3.8, 4) is 5.88 Å². The van der Waals surface area contributed by atoms with Gasteiger partial charge in [0.2, 0.25) is 0 Å². The number of methoxy groups -OCH3 is 1. The molecule has 0 saturated heterocycles. The molecule has 1 atom stereocenters. The number of ether oxygens (including phenoxy) is 1. The standard InChI is InChI=1S/C20H22FN3O2/c1-12-5-4-6-18-19(12)15(20(25)24-18)10-22-14-7-8-17(16(21)9-14)23-13(2)11-26-3/h4-10,13,23-25H,11H2,1-3H3. The zero-order valence-corrected chi connectivity index (χ0v) is 15.0. The predicted octanol–water partition coefficient (Wildman–Crippen LogP) is 4.52. The zero-order valence-electron chi connectivity index (χ0n) is 15.0. The summed E-state index contributed by atoms with van der Waals surface area (Å²) < 4.78 is 19.3. The van der Waals surface area contributed by atoms with Gasteiger partial charge in [-0.05, 0) is 37.6 Å². The van der Waals surface area contributed by atoms with Gasteiger partial charge in [0.25, 0.3) is 0 Å². The molecular weight excluding hydrogens is 333 g/mol. The Morgan fingerprint density at radius 1 is 1.35 bits per heavy atom. The van der Waals surface area contributed by atoms with Crippen molar-refractivity contribution in [1.82, 2.24) is 4.98 Å². The number of aromatic nitrogens is 1. The minimum Gasteiger partial charge on any atom is -0.494 e. The number of H-pyrrole nitrogens is 1. The van der Waals surface area contributed by atoms with Gasteiger partial charge in [0, 0.05) is 36.3 Å². The van der Waals surface area contributed by atoms with E-state index in [0.717, 1.165) is 16.5 Å². The molecule has 6 heteroatoms. The van der Waals surface area contributed by atoms with E-state index in [1.165, 1.54) is 6.07 Å². The first-order valence-corrected chi connectivity index (χ1v) is 8.39. The van der Waals surface area contributed by atoms with Crippen LogP contribution in [0.1, 0.15) is 18.1 Å². The van der Waals surface area contributed by atoms with Crippen LogP contribution in [0.3, 0.4) is 0 Å². The van der Waals surface area contributed by atoms with Crippen molar-refractivity contribution in [2.45, 2.75) is 19.9 Å². The lowest BCUT2D eigenvalue weighted by Gasteiger charge is -2.14. The molecule has 1 aromatic heterocycles. The number of aryl methyl sites for hydroxylation is 1. The van der Waals surface area contributed by atoms with E-state index < -0.39 is 0 Å². The Bertz CT molecular complexity index is 950. The minimum atomic E-state index is -0.387. The van der Waals surface area contributed by atoms with Gasteiger partial charge >= 0.3 is 0 Å². The Balaban J connectivity index is 1.86. The number of fused-ring (bicyclic) bond motifs is 1. The molecule has 2 aromatic carbocycles. The van der Waals surface area contributed by atoms with Gasteiger partial charge in [0.05, 0.1) is 23.5 Å². The number of nitrogens with zero attached hydrogens (tertiary/aromatic N) is 1. The molecule has 0 saturated carbocycles. The zero-order chi connectivity index (χ0) is 18.7. The Morgan fingerprint density at radius 3 is 2.88 bits per heavy atom. The third-order valence-corrected chi connectivity index (χ3v) is 4.16. The maximum atomic E-state index is 14.3. The fourth-order valence-electron chi connectivity index (χ4n) is 2.97. The topological polar surface area (TPSA) is 69.6 Å². The average molecular weight is 355 g/mol. The van der Waals surface area contributed by atoms with Crippen LogP contribution in [0, 0.1) is 12.7 Å². The number of halogens is 1. The largest absolute Gasteiger partial charge is 0.494 e. The van der Waals surface area contributed by atoms with E-state index in [4.69, 9.17) is 4.74 Å². The van der Waals surface area contributed by atoms with Gasteiger partial charge < -0.3 is 20.1 Å². The van der Waals surface area contributed by atoms with Gasteiger partial charge in [-0.25, -0.2) is 4.39 Å². The molecule has 1 unspecified atom stereocenters. The molecule has 0 radical (unpaired) electrons. The van der Waals surface area contributed by atoms with E-state index >= 15 is 0 Å². The number of aliphatic imine (C=N–C) groups is 1. The predicted molar refractivity (Wildman–Crippen MR) is 103 cm³/mol. The highest BCUT2D eigenvalue weighted by atomic mass is 19.1. The molecule has 0 bridgehead atoms. The first kappa shape index (κ1) is 17.9. The van der Waals surface area contributed by atoms with Crippen LogP contribution in [-0.4, -0.2) is 36.1 Å². The SMILES string of the molecule is COCC(C)Nc1ccc(N=Cc2c(O)[nH]c3cccc(C)c23)cc1F. The lowest BCUT2D eigenvalue weighted by atomic mass is 10.1. The van der Waals surface area contributed by atoms with Gasteiger partial charge in [-0.3, -0.25) is 4.99 Å². The summed E-state index contributed by atoms with van der Waals surface area (Å²) in [6.45, 7) is 4.37. The highest BCUT2D eigenvalue weighted by molar-refractivity contribution is 6.04. The van der Waals surface area contributed by atoms with Gasteiger partial charge in [-0.15, -0.1) is 0 Å². The number of aromatic amines is 1. The molecule has 0 aliphatic rings. The molecule has 0 spiro atoms. The fourth-order valence-corrected chi connectivity index (χ4v) is 2.97. The average Bonchev–Trinajstić information content (AvgIpc) is 2.92. The summed E-state index contributed by atoms with van der Waals surface area (Å²) in [6.07, 6.45) is 1.55.